The largest absolute Gasteiger partial charge is 0.354 e. The zero-order chi connectivity index (χ0) is 17.9. The predicted molar refractivity (Wildman–Crippen MR) is 97.7 cm³/mol. The second kappa shape index (κ2) is 10.2. The Morgan fingerprint density at radius 3 is 2.20 bits per heavy atom. The van der Waals surface area contributed by atoms with Gasteiger partial charge >= 0.3 is 0 Å². The van der Waals surface area contributed by atoms with Gasteiger partial charge in [0.1, 0.15) is 0 Å². The molecule has 0 bridgehead atoms. The summed E-state index contributed by atoms with van der Waals surface area (Å²) >= 11 is 1.47. The fraction of sp³-hybridized carbons (Fsp3) is 0.278. The van der Waals surface area contributed by atoms with Crippen LogP contribution in [-0.4, -0.2) is 37.4 Å². The summed E-state index contributed by atoms with van der Waals surface area (Å²) in [5.41, 5.74) is 1.23. The van der Waals surface area contributed by atoms with Gasteiger partial charge in [-0.25, -0.2) is 0 Å². The smallest absolute Gasteiger partial charge is 0.252 e. The van der Waals surface area contributed by atoms with E-state index in [9.17, 15) is 14.4 Å². The van der Waals surface area contributed by atoms with Crippen LogP contribution < -0.4 is 16.0 Å². The normalized spacial score (nSPS) is 10.1. The first kappa shape index (κ1) is 18.7. The summed E-state index contributed by atoms with van der Waals surface area (Å²) in [6.07, 6.45) is 0.897. The highest BCUT2D eigenvalue weighted by atomic mass is 32.1. The Hall–Kier alpha value is -2.67. The van der Waals surface area contributed by atoms with Crippen LogP contribution in [0.4, 0.5) is 0 Å². The first-order valence-electron chi connectivity index (χ1n) is 8.07. The fourth-order valence-electron chi connectivity index (χ4n) is 2.10. The summed E-state index contributed by atoms with van der Waals surface area (Å²) in [5.74, 6) is -0.380. The number of hydrogen-bond donors (Lipinski definition) is 3. The Balaban J connectivity index is 1.51. The Kier molecular flexibility index (Phi) is 7.65. The van der Waals surface area contributed by atoms with Gasteiger partial charge in [-0.05, 0) is 30.0 Å². The van der Waals surface area contributed by atoms with E-state index < -0.39 is 0 Å². The molecular weight excluding hydrogens is 338 g/mol. The van der Waals surface area contributed by atoms with Crippen LogP contribution in [0.1, 0.15) is 33.6 Å². The van der Waals surface area contributed by atoms with Crippen molar-refractivity contribution in [3.8, 4) is 0 Å². The van der Waals surface area contributed by atoms with Crippen molar-refractivity contribution < 1.29 is 14.4 Å². The molecule has 3 N–H and O–H groups in total. The number of thiophene rings is 1. The maximum absolute atomic E-state index is 11.8. The predicted octanol–water partition coefficient (Wildman–Crippen LogP) is 1.80. The van der Waals surface area contributed by atoms with E-state index in [-0.39, 0.29) is 17.7 Å². The Morgan fingerprint density at radius 2 is 1.48 bits per heavy atom. The molecule has 132 valence electrons. The second-order valence-corrected chi connectivity index (χ2v) is 6.12. The number of benzene rings is 1. The van der Waals surface area contributed by atoms with Crippen LogP contribution >= 0.6 is 11.3 Å². The van der Waals surface area contributed by atoms with Crippen molar-refractivity contribution in [3.63, 3.8) is 0 Å². The maximum Gasteiger partial charge on any atom is 0.252 e. The van der Waals surface area contributed by atoms with E-state index in [4.69, 9.17) is 0 Å². The van der Waals surface area contributed by atoms with E-state index in [0.717, 1.165) is 0 Å². The average Bonchev–Trinajstić information content (AvgIpc) is 3.17. The highest BCUT2D eigenvalue weighted by molar-refractivity contribution is 7.08. The van der Waals surface area contributed by atoms with Gasteiger partial charge in [0.2, 0.25) is 5.91 Å². The minimum atomic E-state index is -0.161. The van der Waals surface area contributed by atoms with Crippen LogP contribution in [0.5, 0.6) is 0 Å². The first-order valence-corrected chi connectivity index (χ1v) is 9.01. The summed E-state index contributed by atoms with van der Waals surface area (Å²) in [6, 6.07) is 10.7. The molecule has 0 spiro atoms. The van der Waals surface area contributed by atoms with Crippen molar-refractivity contribution in [3.05, 3.63) is 58.3 Å². The van der Waals surface area contributed by atoms with Crippen LogP contribution in [-0.2, 0) is 4.79 Å². The highest BCUT2D eigenvalue weighted by Gasteiger charge is 2.06. The van der Waals surface area contributed by atoms with E-state index in [1.807, 2.05) is 11.4 Å². The summed E-state index contributed by atoms with van der Waals surface area (Å²) in [5, 5.41) is 11.9. The van der Waals surface area contributed by atoms with Crippen molar-refractivity contribution in [2.75, 3.05) is 19.6 Å². The number of nitrogens with one attached hydrogen (secondary N) is 3. The summed E-state index contributed by atoms with van der Waals surface area (Å²) < 4.78 is 0. The standard InChI is InChI=1S/C18H21N3O3S/c22-16(7-4-9-20-18(24)15-8-12-25-13-15)19-10-11-21-17(23)14-5-2-1-3-6-14/h1-3,5-6,8,12-13H,4,7,9-11H2,(H,19,22)(H,20,24)(H,21,23). The van der Waals surface area contributed by atoms with E-state index in [2.05, 4.69) is 16.0 Å². The Bertz CT molecular complexity index is 687. The molecule has 0 aliphatic heterocycles. The molecule has 0 aliphatic rings. The fourth-order valence-corrected chi connectivity index (χ4v) is 2.74. The minimum Gasteiger partial charge on any atom is -0.354 e. The highest BCUT2D eigenvalue weighted by Crippen LogP contribution is 2.05. The molecular formula is C18H21N3O3S. The number of carbonyl (C=O) groups excluding carboxylic acids is 3. The molecule has 7 heteroatoms. The van der Waals surface area contributed by atoms with Gasteiger partial charge in [-0.3, -0.25) is 14.4 Å². The average molecular weight is 359 g/mol. The lowest BCUT2D eigenvalue weighted by molar-refractivity contribution is -0.121. The molecule has 3 amide bonds. The van der Waals surface area contributed by atoms with Crippen molar-refractivity contribution >= 4 is 29.1 Å². The van der Waals surface area contributed by atoms with Crippen LogP contribution in [0, 0.1) is 0 Å². The first-order chi connectivity index (χ1) is 12.2. The number of amides is 3. The topological polar surface area (TPSA) is 87.3 Å². The second-order valence-electron chi connectivity index (χ2n) is 5.34. The summed E-state index contributed by atoms with van der Waals surface area (Å²) in [4.78, 5) is 35.2. The molecule has 0 radical (unpaired) electrons. The lowest BCUT2D eigenvalue weighted by atomic mass is 10.2. The van der Waals surface area contributed by atoms with Gasteiger partial charge in [-0.15, -0.1) is 0 Å². The van der Waals surface area contributed by atoms with Gasteiger partial charge in [-0.1, -0.05) is 18.2 Å². The van der Waals surface area contributed by atoms with Gasteiger partial charge < -0.3 is 16.0 Å². The van der Waals surface area contributed by atoms with Gasteiger partial charge in [0.05, 0.1) is 0 Å². The number of rotatable bonds is 9. The van der Waals surface area contributed by atoms with Crippen molar-refractivity contribution in [2.24, 2.45) is 0 Å². The third-order valence-electron chi connectivity index (χ3n) is 3.42. The quantitative estimate of drug-likeness (QED) is 0.597. The Labute approximate surface area is 150 Å². The monoisotopic (exact) mass is 359 g/mol. The third-order valence-corrected chi connectivity index (χ3v) is 4.10. The molecule has 25 heavy (non-hydrogen) atoms. The van der Waals surface area contributed by atoms with Crippen molar-refractivity contribution in [1.29, 1.82) is 0 Å². The lowest BCUT2D eigenvalue weighted by Gasteiger charge is -2.07. The zero-order valence-corrected chi connectivity index (χ0v) is 14.6. The molecule has 0 saturated heterocycles. The molecule has 6 nitrogen and oxygen atoms in total. The number of carbonyl (C=O) groups is 3. The van der Waals surface area contributed by atoms with E-state index in [1.165, 1.54) is 11.3 Å². The van der Waals surface area contributed by atoms with Crippen molar-refractivity contribution in [2.45, 2.75) is 12.8 Å². The van der Waals surface area contributed by atoms with Crippen LogP contribution in [0.15, 0.2) is 47.2 Å². The Morgan fingerprint density at radius 1 is 0.800 bits per heavy atom. The molecule has 0 atom stereocenters. The van der Waals surface area contributed by atoms with E-state index >= 15 is 0 Å². The minimum absolute atomic E-state index is 0.0984. The summed E-state index contributed by atoms with van der Waals surface area (Å²) in [7, 11) is 0. The molecule has 0 saturated carbocycles. The molecule has 0 fully saturated rings. The van der Waals surface area contributed by atoms with Crippen molar-refractivity contribution in [1.82, 2.24) is 16.0 Å². The van der Waals surface area contributed by atoms with Gasteiger partial charge in [0, 0.05) is 42.6 Å². The van der Waals surface area contributed by atoms with E-state index in [1.54, 1.807) is 35.7 Å². The van der Waals surface area contributed by atoms with Crippen LogP contribution in [0.25, 0.3) is 0 Å². The molecule has 1 aromatic carbocycles. The molecule has 0 unspecified atom stereocenters. The molecule has 1 heterocycles. The van der Waals surface area contributed by atoms with Gasteiger partial charge in [-0.2, -0.15) is 11.3 Å². The lowest BCUT2D eigenvalue weighted by Crippen LogP contribution is -2.35. The van der Waals surface area contributed by atoms with Crippen LogP contribution in [0.3, 0.4) is 0 Å². The van der Waals surface area contributed by atoms with Gasteiger partial charge in [0.15, 0.2) is 0 Å². The molecule has 1 aromatic heterocycles. The molecule has 2 aromatic rings. The SMILES string of the molecule is O=C(CCCNC(=O)c1ccsc1)NCCNC(=O)c1ccccc1. The van der Waals surface area contributed by atoms with E-state index in [0.29, 0.717) is 43.6 Å². The maximum atomic E-state index is 11.8. The van der Waals surface area contributed by atoms with Gasteiger partial charge in [0.25, 0.3) is 11.8 Å². The third kappa shape index (κ3) is 6.76. The van der Waals surface area contributed by atoms with Crippen LogP contribution in [0.2, 0.25) is 0 Å². The zero-order valence-electron chi connectivity index (χ0n) is 13.8. The number of hydrogen-bond acceptors (Lipinski definition) is 4. The molecule has 2 rings (SSSR count). The molecule has 0 aliphatic carbocycles. The summed E-state index contributed by atoms with van der Waals surface area (Å²) in [6.45, 7) is 1.19.